The second-order valence-corrected chi connectivity index (χ2v) is 4.70. The van der Waals surface area contributed by atoms with Crippen LogP contribution in [0.3, 0.4) is 0 Å². The van der Waals surface area contributed by atoms with Gasteiger partial charge < -0.3 is 18.9 Å². The van der Waals surface area contributed by atoms with E-state index in [2.05, 4.69) is 0 Å². The number of hydrogen-bond acceptors (Lipinski definition) is 4. The summed E-state index contributed by atoms with van der Waals surface area (Å²) in [6, 6.07) is 0. The molecule has 0 N–H and O–H groups in total. The molecule has 3 saturated heterocycles. The fraction of sp³-hybridized carbons (Fsp3) is 1.00. The average Bonchev–Trinajstić information content (AvgIpc) is 2.89. The van der Waals surface area contributed by atoms with Crippen LogP contribution in [0.5, 0.6) is 0 Å². The first-order valence-corrected chi connectivity index (χ1v) is 5.21. The van der Waals surface area contributed by atoms with Crippen molar-refractivity contribution in [2.45, 2.75) is 37.9 Å². The van der Waals surface area contributed by atoms with Gasteiger partial charge in [-0.25, -0.2) is 0 Å². The van der Waals surface area contributed by atoms with E-state index in [1.165, 1.54) is 0 Å². The second kappa shape index (κ2) is 2.92. The predicted octanol–water partition coefficient (Wildman–Crippen LogP) is 0.552. The van der Waals surface area contributed by atoms with Crippen LogP contribution in [-0.2, 0) is 18.9 Å². The van der Waals surface area contributed by atoms with Crippen LogP contribution in [0.4, 0.5) is 0 Å². The average molecular weight is 200 g/mol. The molecule has 3 rings (SSSR count). The molecule has 3 aliphatic rings. The Bertz CT molecular complexity index is 240. The van der Waals surface area contributed by atoms with Crippen molar-refractivity contribution in [1.29, 1.82) is 0 Å². The summed E-state index contributed by atoms with van der Waals surface area (Å²) < 4.78 is 22.5. The molecule has 0 aromatic heterocycles. The van der Waals surface area contributed by atoms with Crippen LogP contribution in [0, 0.1) is 5.92 Å². The van der Waals surface area contributed by atoms with Gasteiger partial charge in [-0.3, -0.25) is 0 Å². The summed E-state index contributed by atoms with van der Waals surface area (Å²) >= 11 is 0. The highest BCUT2D eigenvalue weighted by atomic mass is 16.7. The first-order valence-electron chi connectivity index (χ1n) is 5.21. The zero-order chi connectivity index (χ0) is 9.76. The Labute approximate surface area is 83.5 Å². The third-order valence-electron chi connectivity index (χ3n) is 3.21. The molecule has 0 saturated carbocycles. The van der Waals surface area contributed by atoms with Crippen molar-refractivity contribution in [3.8, 4) is 0 Å². The quantitative estimate of drug-likeness (QED) is 0.535. The molecule has 0 unspecified atom stereocenters. The SMILES string of the molecule is CC1(C)OC[C@@H]2[C@H]3O[C@@H]3CO[C@H]2CO1. The number of epoxide rings is 1. The standard InChI is InChI=1S/C10H16O4/c1-10(2)12-3-6-7(5-13-10)11-4-8-9(6)14-8/h6-9H,3-5H2,1-2H3/t6-,7-,8+,9+/m0/s1. The van der Waals surface area contributed by atoms with Gasteiger partial charge in [0.25, 0.3) is 0 Å². The van der Waals surface area contributed by atoms with Crippen molar-refractivity contribution in [2.75, 3.05) is 19.8 Å². The normalized spacial score (nSPS) is 50.1. The van der Waals surface area contributed by atoms with E-state index in [1.54, 1.807) is 0 Å². The molecule has 4 heteroatoms. The zero-order valence-electron chi connectivity index (χ0n) is 8.56. The lowest BCUT2D eigenvalue weighted by Crippen LogP contribution is -2.39. The summed E-state index contributed by atoms with van der Waals surface area (Å²) in [5.41, 5.74) is 0. The lowest BCUT2D eigenvalue weighted by Gasteiger charge is -2.25. The van der Waals surface area contributed by atoms with E-state index in [4.69, 9.17) is 18.9 Å². The van der Waals surface area contributed by atoms with Gasteiger partial charge in [0, 0.05) is 5.92 Å². The Hall–Kier alpha value is -0.160. The summed E-state index contributed by atoms with van der Waals surface area (Å²) in [4.78, 5) is 0. The van der Waals surface area contributed by atoms with Gasteiger partial charge in [-0.05, 0) is 13.8 Å². The van der Waals surface area contributed by atoms with E-state index in [9.17, 15) is 0 Å². The largest absolute Gasteiger partial charge is 0.373 e. The minimum absolute atomic E-state index is 0.153. The minimum Gasteiger partial charge on any atom is -0.373 e. The molecule has 80 valence electrons. The molecule has 0 aromatic rings. The van der Waals surface area contributed by atoms with Gasteiger partial charge in [0.15, 0.2) is 5.79 Å². The van der Waals surface area contributed by atoms with Crippen LogP contribution in [0.1, 0.15) is 13.8 Å². The van der Waals surface area contributed by atoms with Gasteiger partial charge >= 0.3 is 0 Å². The molecule has 14 heavy (non-hydrogen) atoms. The summed E-state index contributed by atoms with van der Waals surface area (Å²) in [5.74, 6) is -0.124. The first-order chi connectivity index (χ1) is 6.66. The molecule has 4 atom stereocenters. The van der Waals surface area contributed by atoms with E-state index in [0.29, 0.717) is 31.3 Å². The van der Waals surface area contributed by atoms with Crippen molar-refractivity contribution in [2.24, 2.45) is 5.92 Å². The van der Waals surface area contributed by atoms with Gasteiger partial charge in [0.1, 0.15) is 6.10 Å². The number of hydrogen-bond donors (Lipinski definition) is 0. The number of rotatable bonds is 0. The zero-order valence-corrected chi connectivity index (χ0v) is 8.56. The predicted molar refractivity (Wildman–Crippen MR) is 47.9 cm³/mol. The molecule has 3 heterocycles. The molecule has 4 nitrogen and oxygen atoms in total. The summed E-state index contributed by atoms with van der Waals surface area (Å²) in [6.45, 7) is 5.89. The minimum atomic E-state index is -0.481. The van der Waals surface area contributed by atoms with E-state index in [0.717, 1.165) is 6.61 Å². The fourth-order valence-electron chi connectivity index (χ4n) is 2.22. The Morgan fingerprint density at radius 3 is 2.64 bits per heavy atom. The maximum Gasteiger partial charge on any atom is 0.162 e. The third-order valence-corrected chi connectivity index (χ3v) is 3.21. The smallest absolute Gasteiger partial charge is 0.162 e. The first kappa shape index (κ1) is 9.09. The van der Waals surface area contributed by atoms with Gasteiger partial charge in [0.2, 0.25) is 0 Å². The van der Waals surface area contributed by atoms with Crippen molar-refractivity contribution < 1.29 is 18.9 Å². The van der Waals surface area contributed by atoms with Gasteiger partial charge in [-0.1, -0.05) is 0 Å². The molecular formula is C10H16O4. The molecule has 0 aliphatic carbocycles. The lowest BCUT2D eigenvalue weighted by atomic mass is 9.95. The molecule has 0 bridgehead atoms. The van der Waals surface area contributed by atoms with E-state index in [1.807, 2.05) is 13.8 Å². The van der Waals surface area contributed by atoms with Gasteiger partial charge in [0.05, 0.1) is 32.0 Å². The monoisotopic (exact) mass is 200 g/mol. The molecular weight excluding hydrogens is 184 g/mol. The molecule has 3 aliphatic heterocycles. The van der Waals surface area contributed by atoms with E-state index < -0.39 is 5.79 Å². The van der Waals surface area contributed by atoms with Crippen molar-refractivity contribution in [1.82, 2.24) is 0 Å². The van der Waals surface area contributed by atoms with Crippen molar-refractivity contribution >= 4 is 0 Å². The highest BCUT2D eigenvalue weighted by Crippen LogP contribution is 2.39. The van der Waals surface area contributed by atoms with Gasteiger partial charge in [-0.15, -0.1) is 0 Å². The summed E-state index contributed by atoms with van der Waals surface area (Å²) in [5, 5.41) is 0. The Morgan fingerprint density at radius 2 is 1.79 bits per heavy atom. The molecule has 0 amide bonds. The number of fused-ring (bicyclic) bond motifs is 3. The second-order valence-electron chi connectivity index (χ2n) is 4.70. The van der Waals surface area contributed by atoms with Crippen molar-refractivity contribution in [3.05, 3.63) is 0 Å². The lowest BCUT2D eigenvalue weighted by molar-refractivity contribution is -0.205. The van der Waals surface area contributed by atoms with Gasteiger partial charge in [-0.2, -0.15) is 0 Å². The van der Waals surface area contributed by atoms with Crippen LogP contribution in [0.25, 0.3) is 0 Å². The third kappa shape index (κ3) is 1.46. The van der Waals surface area contributed by atoms with Crippen molar-refractivity contribution in [3.63, 3.8) is 0 Å². The maximum absolute atomic E-state index is 5.68. The van der Waals surface area contributed by atoms with Crippen LogP contribution < -0.4 is 0 Å². The van der Waals surface area contributed by atoms with Crippen LogP contribution >= 0.6 is 0 Å². The molecule has 0 radical (unpaired) electrons. The molecule has 3 fully saturated rings. The fourth-order valence-corrected chi connectivity index (χ4v) is 2.22. The highest BCUT2D eigenvalue weighted by molar-refractivity contribution is 4.98. The highest BCUT2D eigenvalue weighted by Gasteiger charge is 2.53. The van der Waals surface area contributed by atoms with Crippen LogP contribution in [-0.4, -0.2) is 43.9 Å². The van der Waals surface area contributed by atoms with Crippen LogP contribution in [0.15, 0.2) is 0 Å². The van der Waals surface area contributed by atoms with Crippen LogP contribution in [0.2, 0.25) is 0 Å². The van der Waals surface area contributed by atoms with E-state index >= 15 is 0 Å². The Kier molecular flexibility index (Phi) is 1.89. The molecule has 0 aromatic carbocycles. The Morgan fingerprint density at radius 1 is 1.00 bits per heavy atom. The maximum atomic E-state index is 5.68. The topological polar surface area (TPSA) is 40.2 Å². The summed E-state index contributed by atoms with van der Waals surface area (Å²) in [7, 11) is 0. The summed E-state index contributed by atoms with van der Waals surface area (Å²) in [6.07, 6.45) is 0.827. The van der Waals surface area contributed by atoms with E-state index in [-0.39, 0.29) is 6.10 Å². The Balaban J connectivity index is 1.74. The number of ether oxygens (including phenoxy) is 4. The molecule has 0 spiro atoms.